The molecule has 0 bridgehead atoms. The third kappa shape index (κ3) is 3.75. The van der Waals surface area contributed by atoms with E-state index in [4.69, 9.17) is 0 Å². The Bertz CT molecular complexity index is 956. The molecule has 1 aliphatic heterocycles. The van der Waals surface area contributed by atoms with Gasteiger partial charge in [0.1, 0.15) is 6.04 Å². The molecule has 1 heterocycles. The summed E-state index contributed by atoms with van der Waals surface area (Å²) in [6.45, 7) is 0.781. The van der Waals surface area contributed by atoms with Gasteiger partial charge in [-0.15, -0.1) is 0 Å². The zero-order valence-corrected chi connectivity index (χ0v) is 17.0. The molecule has 0 aliphatic carbocycles. The van der Waals surface area contributed by atoms with E-state index in [2.05, 4.69) is 63.3 Å². The Morgan fingerprint density at radius 1 is 0.929 bits per heavy atom. The van der Waals surface area contributed by atoms with Crippen LogP contribution in [-0.2, 0) is 4.79 Å². The van der Waals surface area contributed by atoms with Crippen molar-refractivity contribution in [1.29, 1.82) is 0 Å². The zero-order chi connectivity index (χ0) is 19.5. The van der Waals surface area contributed by atoms with Gasteiger partial charge in [-0.3, -0.25) is 9.69 Å². The monoisotopic (exact) mass is 435 g/mol. The molecule has 1 saturated heterocycles. The smallest absolute Gasteiger partial charge is 0.320 e. The van der Waals surface area contributed by atoms with Crippen LogP contribution in [0.5, 0.6) is 0 Å². The number of nitrogens with zero attached hydrogens (tertiary/aromatic N) is 1. The number of halogens is 1. The lowest BCUT2D eigenvalue weighted by Gasteiger charge is -2.32. The maximum atomic E-state index is 11.8. The van der Waals surface area contributed by atoms with Gasteiger partial charge in [-0.25, -0.2) is 0 Å². The normalized spacial score (nSPS) is 18.1. The Kier molecular flexibility index (Phi) is 5.60. The summed E-state index contributed by atoms with van der Waals surface area (Å²) >= 11 is 3.68. The fourth-order valence-corrected chi connectivity index (χ4v) is 4.60. The van der Waals surface area contributed by atoms with Gasteiger partial charge in [0.15, 0.2) is 0 Å². The fourth-order valence-electron chi connectivity index (χ4n) is 4.10. The SMILES string of the molecule is O=C(O)C1CCCN1C(c1ccc(-c2ccccc2)cc1)c1ccccc1Br. The predicted octanol–water partition coefficient (Wildman–Crippen LogP) is 5.75. The number of carboxylic acids is 1. The van der Waals surface area contributed by atoms with Gasteiger partial charge in [-0.05, 0) is 41.2 Å². The van der Waals surface area contributed by atoms with Gasteiger partial charge in [0.2, 0.25) is 0 Å². The van der Waals surface area contributed by atoms with Crippen molar-refractivity contribution in [3.05, 3.63) is 94.5 Å². The van der Waals surface area contributed by atoms with Crippen LogP contribution in [0, 0.1) is 0 Å². The molecule has 4 rings (SSSR count). The molecule has 3 aromatic rings. The number of likely N-dealkylation sites (tertiary alicyclic amines) is 1. The topological polar surface area (TPSA) is 40.5 Å². The third-order valence-corrected chi connectivity index (χ3v) is 6.17. The highest BCUT2D eigenvalue weighted by atomic mass is 79.9. The lowest BCUT2D eigenvalue weighted by molar-refractivity contribution is -0.142. The summed E-state index contributed by atoms with van der Waals surface area (Å²) in [5, 5.41) is 9.74. The van der Waals surface area contributed by atoms with Gasteiger partial charge in [0.25, 0.3) is 0 Å². The van der Waals surface area contributed by atoms with Crippen LogP contribution in [0.25, 0.3) is 11.1 Å². The van der Waals surface area contributed by atoms with Crippen LogP contribution in [0.1, 0.15) is 30.0 Å². The number of benzene rings is 3. The summed E-state index contributed by atoms with van der Waals surface area (Å²) in [7, 11) is 0. The molecule has 1 N–H and O–H groups in total. The predicted molar refractivity (Wildman–Crippen MR) is 115 cm³/mol. The van der Waals surface area contributed by atoms with Crippen LogP contribution in [0.2, 0.25) is 0 Å². The summed E-state index contributed by atoms with van der Waals surface area (Å²) in [4.78, 5) is 14.0. The van der Waals surface area contributed by atoms with Crippen molar-refractivity contribution in [2.45, 2.75) is 24.9 Å². The highest BCUT2D eigenvalue weighted by Crippen LogP contribution is 2.38. The molecular formula is C24H22BrNO2. The quantitative estimate of drug-likeness (QED) is 0.553. The second kappa shape index (κ2) is 8.29. The van der Waals surface area contributed by atoms with Crippen molar-refractivity contribution in [2.75, 3.05) is 6.54 Å². The van der Waals surface area contributed by atoms with E-state index in [0.29, 0.717) is 6.42 Å². The average Bonchev–Trinajstić information content (AvgIpc) is 3.21. The van der Waals surface area contributed by atoms with Crippen LogP contribution < -0.4 is 0 Å². The average molecular weight is 436 g/mol. The molecule has 0 saturated carbocycles. The van der Waals surface area contributed by atoms with Gasteiger partial charge in [-0.1, -0.05) is 88.7 Å². The zero-order valence-electron chi connectivity index (χ0n) is 15.5. The van der Waals surface area contributed by atoms with E-state index < -0.39 is 12.0 Å². The Balaban J connectivity index is 1.76. The first-order valence-corrected chi connectivity index (χ1v) is 10.3. The van der Waals surface area contributed by atoms with E-state index in [1.54, 1.807) is 0 Å². The van der Waals surface area contributed by atoms with E-state index >= 15 is 0 Å². The van der Waals surface area contributed by atoms with E-state index in [1.807, 2.05) is 36.4 Å². The second-order valence-corrected chi connectivity index (χ2v) is 8.00. The molecule has 4 heteroatoms. The minimum atomic E-state index is -0.740. The highest BCUT2D eigenvalue weighted by Gasteiger charge is 2.37. The van der Waals surface area contributed by atoms with Gasteiger partial charge in [0, 0.05) is 11.0 Å². The first kappa shape index (κ1) is 18.9. The Hall–Kier alpha value is -2.43. The van der Waals surface area contributed by atoms with Crippen LogP contribution in [0.4, 0.5) is 0 Å². The summed E-state index contributed by atoms with van der Waals surface area (Å²) in [5.74, 6) is -0.740. The first-order valence-electron chi connectivity index (χ1n) is 9.53. The lowest BCUT2D eigenvalue weighted by Crippen LogP contribution is -2.39. The molecule has 1 aliphatic rings. The molecule has 0 aromatic heterocycles. The molecule has 0 amide bonds. The Morgan fingerprint density at radius 3 is 2.25 bits per heavy atom. The molecule has 28 heavy (non-hydrogen) atoms. The van der Waals surface area contributed by atoms with Crippen LogP contribution in [-0.4, -0.2) is 28.6 Å². The van der Waals surface area contributed by atoms with E-state index in [9.17, 15) is 9.90 Å². The van der Waals surface area contributed by atoms with Crippen molar-refractivity contribution in [2.24, 2.45) is 0 Å². The van der Waals surface area contributed by atoms with Crippen molar-refractivity contribution in [3.63, 3.8) is 0 Å². The fraction of sp³-hybridized carbons (Fsp3) is 0.208. The summed E-state index contributed by atoms with van der Waals surface area (Å²) in [5.41, 5.74) is 4.55. The van der Waals surface area contributed by atoms with Crippen LogP contribution >= 0.6 is 15.9 Å². The molecule has 0 radical (unpaired) electrons. The van der Waals surface area contributed by atoms with Crippen molar-refractivity contribution >= 4 is 21.9 Å². The molecule has 1 fully saturated rings. The first-order chi connectivity index (χ1) is 13.6. The molecular weight excluding hydrogens is 414 g/mol. The number of carboxylic acid groups (broad SMARTS) is 1. The third-order valence-electron chi connectivity index (χ3n) is 5.44. The molecule has 3 aromatic carbocycles. The molecule has 3 nitrogen and oxygen atoms in total. The molecule has 0 spiro atoms. The summed E-state index contributed by atoms with van der Waals surface area (Å²) in [6, 6.07) is 26.3. The number of carbonyl (C=O) groups is 1. The molecule has 2 atom stereocenters. The van der Waals surface area contributed by atoms with Crippen LogP contribution in [0.15, 0.2) is 83.3 Å². The Morgan fingerprint density at radius 2 is 1.57 bits per heavy atom. The van der Waals surface area contributed by atoms with E-state index in [0.717, 1.165) is 34.1 Å². The van der Waals surface area contributed by atoms with Crippen molar-refractivity contribution in [3.8, 4) is 11.1 Å². The largest absolute Gasteiger partial charge is 0.480 e. The second-order valence-electron chi connectivity index (χ2n) is 7.15. The maximum absolute atomic E-state index is 11.8. The standard InChI is InChI=1S/C24H22BrNO2/c25-21-10-5-4-9-20(21)23(26-16-6-11-22(26)24(27)28)19-14-12-18(13-15-19)17-7-2-1-3-8-17/h1-5,7-10,12-15,22-23H,6,11,16H2,(H,27,28). The molecule has 2 unspecified atom stereocenters. The summed E-state index contributed by atoms with van der Waals surface area (Å²) < 4.78 is 1.00. The Labute approximate surface area is 173 Å². The highest BCUT2D eigenvalue weighted by molar-refractivity contribution is 9.10. The lowest BCUT2D eigenvalue weighted by atomic mass is 9.94. The number of rotatable bonds is 5. The minimum absolute atomic E-state index is 0.0935. The molecule has 142 valence electrons. The summed E-state index contributed by atoms with van der Waals surface area (Å²) in [6.07, 6.45) is 1.60. The van der Waals surface area contributed by atoms with Crippen molar-refractivity contribution < 1.29 is 9.90 Å². The van der Waals surface area contributed by atoms with E-state index in [1.165, 1.54) is 5.56 Å². The van der Waals surface area contributed by atoms with Crippen molar-refractivity contribution in [1.82, 2.24) is 4.90 Å². The van der Waals surface area contributed by atoms with Gasteiger partial charge in [-0.2, -0.15) is 0 Å². The van der Waals surface area contributed by atoms with Gasteiger partial charge >= 0.3 is 5.97 Å². The van der Waals surface area contributed by atoms with Gasteiger partial charge in [0.05, 0.1) is 6.04 Å². The number of hydrogen-bond acceptors (Lipinski definition) is 2. The maximum Gasteiger partial charge on any atom is 0.320 e. The van der Waals surface area contributed by atoms with Crippen LogP contribution in [0.3, 0.4) is 0 Å². The minimum Gasteiger partial charge on any atom is -0.480 e. The number of aliphatic carboxylic acids is 1. The van der Waals surface area contributed by atoms with E-state index in [-0.39, 0.29) is 6.04 Å². The number of hydrogen-bond donors (Lipinski definition) is 1. The van der Waals surface area contributed by atoms with Gasteiger partial charge < -0.3 is 5.11 Å².